The summed E-state index contributed by atoms with van der Waals surface area (Å²) in [5.41, 5.74) is 1.20. The van der Waals surface area contributed by atoms with Gasteiger partial charge in [-0.05, 0) is 35.9 Å². The predicted molar refractivity (Wildman–Crippen MR) is 70.4 cm³/mol. The van der Waals surface area contributed by atoms with Crippen molar-refractivity contribution < 1.29 is 14.3 Å². The Balaban J connectivity index is 2.46. The van der Waals surface area contributed by atoms with Crippen LogP contribution in [0.1, 0.15) is 10.4 Å². The smallest absolute Gasteiger partial charge is 0.338 e. The summed E-state index contributed by atoms with van der Waals surface area (Å²) in [5, 5.41) is 0. The van der Waals surface area contributed by atoms with E-state index in [1.807, 2.05) is 0 Å². The number of hydrogen-bond acceptors (Lipinski definition) is 4. The number of pyridine rings is 1. The molecule has 98 valence electrons. The lowest BCUT2D eigenvalue weighted by atomic mass is 10.1. The summed E-state index contributed by atoms with van der Waals surface area (Å²) in [5.74, 6) is 0.177. The number of carbonyl (C=O) groups excluding carboxylic acids is 1. The van der Waals surface area contributed by atoms with Gasteiger partial charge in [-0.1, -0.05) is 0 Å². The molecule has 1 heterocycles. The fraction of sp³-hybridized carbons (Fsp3) is 0.143. The monoisotopic (exact) mass is 259 g/mol. The molecule has 1 N–H and O–H groups in total. The van der Waals surface area contributed by atoms with Gasteiger partial charge in [0.15, 0.2) is 0 Å². The number of carbonyl (C=O) groups is 1. The van der Waals surface area contributed by atoms with E-state index in [9.17, 15) is 9.59 Å². The van der Waals surface area contributed by atoms with Crippen molar-refractivity contribution in [3.8, 4) is 17.0 Å². The second kappa shape index (κ2) is 5.39. The third-order valence-electron chi connectivity index (χ3n) is 2.67. The van der Waals surface area contributed by atoms with Crippen molar-refractivity contribution in [1.82, 2.24) is 4.98 Å². The molecule has 0 saturated heterocycles. The van der Waals surface area contributed by atoms with Gasteiger partial charge in [-0.2, -0.15) is 0 Å². The van der Waals surface area contributed by atoms with Crippen molar-refractivity contribution in [3.05, 3.63) is 52.3 Å². The highest BCUT2D eigenvalue weighted by Crippen LogP contribution is 2.20. The molecule has 2 aromatic rings. The molecule has 2 rings (SSSR count). The number of hydrogen-bond donors (Lipinski definition) is 1. The minimum atomic E-state index is -0.541. The van der Waals surface area contributed by atoms with Gasteiger partial charge in [-0.25, -0.2) is 4.79 Å². The average Bonchev–Trinajstić information content (AvgIpc) is 2.45. The Labute approximate surface area is 109 Å². The van der Waals surface area contributed by atoms with Gasteiger partial charge < -0.3 is 14.5 Å². The number of esters is 1. The molecule has 1 aromatic carbocycles. The third-order valence-corrected chi connectivity index (χ3v) is 2.67. The van der Waals surface area contributed by atoms with E-state index in [0.29, 0.717) is 5.69 Å². The van der Waals surface area contributed by atoms with Gasteiger partial charge in [0, 0.05) is 11.8 Å². The molecule has 0 bridgehead atoms. The molecular formula is C14H13NO4. The van der Waals surface area contributed by atoms with E-state index < -0.39 is 5.97 Å². The quantitative estimate of drug-likeness (QED) is 0.854. The molecule has 0 radical (unpaired) electrons. The van der Waals surface area contributed by atoms with Crippen LogP contribution in [0, 0.1) is 0 Å². The molecule has 0 spiro atoms. The Bertz CT molecular complexity index is 643. The lowest BCUT2D eigenvalue weighted by molar-refractivity contribution is 0.0600. The zero-order chi connectivity index (χ0) is 13.8. The normalized spacial score (nSPS) is 10.0. The van der Waals surface area contributed by atoms with Crippen LogP contribution in [-0.2, 0) is 4.74 Å². The van der Waals surface area contributed by atoms with Gasteiger partial charge in [0.2, 0.25) is 5.56 Å². The van der Waals surface area contributed by atoms with Gasteiger partial charge in [0.25, 0.3) is 0 Å². The summed E-state index contributed by atoms with van der Waals surface area (Å²) in [6.07, 6.45) is 0. The largest absolute Gasteiger partial charge is 0.497 e. The lowest BCUT2D eigenvalue weighted by Crippen LogP contribution is -2.11. The number of benzene rings is 1. The first-order chi connectivity index (χ1) is 9.13. The van der Waals surface area contributed by atoms with Crippen molar-refractivity contribution >= 4 is 5.97 Å². The maximum atomic E-state index is 11.5. The molecule has 0 fully saturated rings. The average molecular weight is 259 g/mol. The van der Waals surface area contributed by atoms with E-state index >= 15 is 0 Å². The third kappa shape index (κ3) is 2.82. The van der Waals surface area contributed by atoms with Gasteiger partial charge in [0.05, 0.1) is 19.8 Å². The second-order valence-electron chi connectivity index (χ2n) is 3.87. The number of aromatic amines is 1. The van der Waals surface area contributed by atoms with Crippen molar-refractivity contribution in [3.63, 3.8) is 0 Å². The number of methoxy groups -OCH3 is 2. The Morgan fingerprint density at radius 1 is 1.11 bits per heavy atom. The summed E-state index contributed by atoms with van der Waals surface area (Å²) in [7, 11) is 2.85. The van der Waals surface area contributed by atoms with Crippen LogP contribution in [0.2, 0.25) is 0 Å². The van der Waals surface area contributed by atoms with E-state index in [1.54, 1.807) is 37.4 Å². The lowest BCUT2D eigenvalue weighted by Gasteiger charge is -2.05. The van der Waals surface area contributed by atoms with Gasteiger partial charge in [0.1, 0.15) is 5.75 Å². The molecule has 0 amide bonds. The maximum Gasteiger partial charge on any atom is 0.338 e. The van der Waals surface area contributed by atoms with Crippen LogP contribution in [0.25, 0.3) is 11.3 Å². The molecule has 5 nitrogen and oxygen atoms in total. The standard InChI is InChI=1S/C14H13NO4/c1-18-11-5-3-9(4-6-11)12-7-10(14(17)19-2)8-13(16)15-12/h3-8H,1-2H3,(H,15,16). The van der Waals surface area contributed by atoms with E-state index in [1.165, 1.54) is 13.2 Å². The number of H-pyrrole nitrogens is 1. The zero-order valence-electron chi connectivity index (χ0n) is 10.6. The SMILES string of the molecule is COC(=O)c1cc(-c2ccc(OC)cc2)[nH]c(=O)c1. The van der Waals surface area contributed by atoms with Crippen LogP contribution in [-0.4, -0.2) is 25.2 Å². The first kappa shape index (κ1) is 12.9. The van der Waals surface area contributed by atoms with Gasteiger partial charge in [-0.15, -0.1) is 0 Å². The van der Waals surface area contributed by atoms with Crippen LogP contribution >= 0.6 is 0 Å². The van der Waals surface area contributed by atoms with Crippen LogP contribution in [0.5, 0.6) is 5.75 Å². The Hall–Kier alpha value is -2.56. The van der Waals surface area contributed by atoms with Crippen LogP contribution in [0.3, 0.4) is 0 Å². The van der Waals surface area contributed by atoms with E-state index in [0.717, 1.165) is 11.3 Å². The van der Waals surface area contributed by atoms with E-state index in [4.69, 9.17) is 4.74 Å². The topological polar surface area (TPSA) is 68.4 Å². The number of rotatable bonds is 3. The highest BCUT2D eigenvalue weighted by Gasteiger charge is 2.09. The number of ether oxygens (including phenoxy) is 2. The summed E-state index contributed by atoms with van der Waals surface area (Å²) in [6, 6.07) is 9.93. The fourth-order valence-electron chi connectivity index (χ4n) is 1.71. The first-order valence-corrected chi connectivity index (χ1v) is 5.61. The minimum Gasteiger partial charge on any atom is -0.497 e. The highest BCUT2D eigenvalue weighted by atomic mass is 16.5. The molecule has 0 atom stereocenters. The Morgan fingerprint density at radius 2 is 1.79 bits per heavy atom. The molecule has 5 heteroatoms. The fourth-order valence-corrected chi connectivity index (χ4v) is 1.71. The molecule has 0 saturated carbocycles. The Kier molecular flexibility index (Phi) is 3.66. The minimum absolute atomic E-state index is 0.220. The molecular weight excluding hydrogens is 246 g/mol. The molecule has 19 heavy (non-hydrogen) atoms. The predicted octanol–water partition coefficient (Wildman–Crippen LogP) is 1.84. The van der Waals surface area contributed by atoms with Crippen LogP contribution in [0.4, 0.5) is 0 Å². The zero-order valence-corrected chi connectivity index (χ0v) is 10.6. The number of nitrogens with one attached hydrogen (secondary N) is 1. The number of aromatic nitrogens is 1. The first-order valence-electron chi connectivity index (χ1n) is 5.61. The highest BCUT2D eigenvalue weighted by molar-refractivity contribution is 5.90. The summed E-state index contributed by atoms with van der Waals surface area (Å²) >= 11 is 0. The van der Waals surface area contributed by atoms with Crippen molar-refractivity contribution in [2.75, 3.05) is 14.2 Å². The maximum absolute atomic E-state index is 11.5. The summed E-state index contributed by atoms with van der Waals surface area (Å²) in [4.78, 5) is 25.7. The molecule has 0 unspecified atom stereocenters. The molecule has 0 aliphatic heterocycles. The Morgan fingerprint density at radius 3 is 2.37 bits per heavy atom. The molecule has 1 aromatic heterocycles. The molecule has 0 aliphatic carbocycles. The van der Waals surface area contributed by atoms with Crippen molar-refractivity contribution in [2.24, 2.45) is 0 Å². The van der Waals surface area contributed by atoms with E-state index in [-0.39, 0.29) is 11.1 Å². The van der Waals surface area contributed by atoms with Crippen LogP contribution in [0.15, 0.2) is 41.2 Å². The molecule has 0 aliphatic rings. The van der Waals surface area contributed by atoms with Gasteiger partial charge >= 0.3 is 5.97 Å². The summed E-state index contributed by atoms with van der Waals surface area (Å²) in [6.45, 7) is 0. The van der Waals surface area contributed by atoms with E-state index in [2.05, 4.69) is 9.72 Å². The van der Waals surface area contributed by atoms with Crippen molar-refractivity contribution in [2.45, 2.75) is 0 Å². The van der Waals surface area contributed by atoms with Crippen LogP contribution < -0.4 is 10.3 Å². The summed E-state index contributed by atoms with van der Waals surface area (Å²) < 4.78 is 9.67. The van der Waals surface area contributed by atoms with Crippen molar-refractivity contribution in [1.29, 1.82) is 0 Å². The van der Waals surface area contributed by atoms with Gasteiger partial charge in [-0.3, -0.25) is 4.79 Å². The second-order valence-corrected chi connectivity index (χ2v) is 3.87.